The minimum atomic E-state index is -3.89. The van der Waals surface area contributed by atoms with Crippen molar-refractivity contribution in [2.75, 3.05) is 9.62 Å². The first-order valence-electron chi connectivity index (χ1n) is 8.08. The Kier molecular flexibility index (Phi) is 4.71. The van der Waals surface area contributed by atoms with Gasteiger partial charge in [0.2, 0.25) is 17.7 Å². The average molecular weight is 387 g/mol. The SMILES string of the molecule is Cc1cc(S(=O)(=O)Nc2ccc(C(N)=O)cc2)ccc1N1C(=O)CCC1=O. The van der Waals surface area contributed by atoms with Crippen molar-refractivity contribution in [3.05, 3.63) is 53.6 Å². The molecule has 2 aromatic rings. The number of benzene rings is 2. The van der Waals surface area contributed by atoms with E-state index >= 15 is 0 Å². The molecule has 1 fully saturated rings. The molecule has 0 unspecified atom stereocenters. The van der Waals surface area contributed by atoms with Crippen molar-refractivity contribution in [2.45, 2.75) is 24.7 Å². The molecule has 0 atom stereocenters. The Morgan fingerprint density at radius 3 is 2.15 bits per heavy atom. The number of nitrogens with zero attached hydrogens (tertiary/aromatic N) is 1. The van der Waals surface area contributed by atoms with Gasteiger partial charge in [-0.2, -0.15) is 0 Å². The molecule has 0 aromatic heterocycles. The van der Waals surface area contributed by atoms with Crippen molar-refractivity contribution < 1.29 is 22.8 Å². The molecule has 2 aromatic carbocycles. The molecule has 3 rings (SSSR count). The third kappa shape index (κ3) is 3.68. The van der Waals surface area contributed by atoms with E-state index in [2.05, 4.69) is 4.72 Å². The van der Waals surface area contributed by atoms with E-state index in [1.165, 1.54) is 42.5 Å². The number of hydrogen-bond donors (Lipinski definition) is 2. The van der Waals surface area contributed by atoms with Crippen molar-refractivity contribution in [2.24, 2.45) is 5.73 Å². The Bertz CT molecular complexity index is 1030. The van der Waals surface area contributed by atoms with E-state index < -0.39 is 15.9 Å². The van der Waals surface area contributed by atoms with Crippen LogP contribution in [-0.2, 0) is 19.6 Å². The molecule has 0 radical (unpaired) electrons. The van der Waals surface area contributed by atoms with Gasteiger partial charge in [-0.25, -0.2) is 8.42 Å². The first kappa shape index (κ1) is 18.6. The van der Waals surface area contributed by atoms with Gasteiger partial charge in [0.15, 0.2) is 0 Å². The smallest absolute Gasteiger partial charge is 0.261 e. The summed E-state index contributed by atoms with van der Waals surface area (Å²) in [5.41, 5.74) is 6.56. The monoisotopic (exact) mass is 387 g/mol. The first-order chi connectivity index (χ1) is 12.7. The van der Waals surface area contributed by atoms with Crippen LogP contribution in [0, 0.1) is 6.92 Å². The standard InChI is InChI=1S/C18H17N3O5S/c1-11-10-14(6-7-15(11)21-16(22)8-9-17(21)23)27(25,26)20-13-4-2-12(3-5-13)18(19)24/h2-7,10,20H,8-9H2,1H3,(H2,19,24). The lowest BCUT2D eigenvalue weighted by atomic mass is 10.2. The summed E-state index contributed by atoms with van der Waals surface area (Å²) in [6.07, 6.45) is 0.308. The van der Waals surface area contributed by atoms with E-state index in [0.29, 0.717) is 11.3 Å². The van der Waals surface area contributed by atoms with Crippen LogP contribution in [-0.4, -0.2) is 26.1 Å². The normalized spacial score (nSPS) is 14.5. The number of aryl methyl sites for hydroxylation is 1. The Balaban J connectivity index is 1.86. The highest BCUT2D eigenvalue weighted by molar-refractivity contribution is 7.92. The zero-order chi connectivity index (χ0) is 19.8. The van der Waals surface area contributed by atoms with E-state index in [9.17, 15) is 22.8 Å². The topological polar surface area (TPSA) is 127 Å². The van der Waals surface area contributed by atoms with Crippen LogP contribution in [0.15, 0.2) is 47.4 Å². The van der Waals surface area contributed by atoms with Crippen LogP contribution >= 0.6 is 0 Å². The highest BCUT2D eigenvalue weighted by Crippen LogP contribution is 2.28. The molecule has 3 amide bonds. The van der Waals surface area contributed by atoms with Gasteiger partial charge in [-0.1, -0.05) is 0 Å². The Labute approximate surface area is 156 Å². The third-order valence-electron chi connectivity index (χ3n) is 4.19. The van der Waals surface area contributed by atoms with Crippen molar-refractivity contribution in [1.82, 2.24) is 0 Å². The minimum absolute atomic E-state index is 0.0122. The molecule has 3 N–H and O–H groups in total. The number of carbonyl (C=O) groups is 3. The lowest BCUT2D eigenvalue weighted by Gasteiger charge is -2.17. The van der Waals surface area contributed by atoms with Crippen LogP contribution < -0.4 is 15.4 Å². The number of nitrogens with two attached hydrogens (primary N) is 1. The summed E-state index contributed by atoms with van der Waals surface area (Å²) in [6, 6.07) is 9.87. The van der Waals surface area contributed by atoms with Gasteiger partial charge in [-0.15, -0.1) is 0 Å². The van der Waals surface area contributed by atoms with Crippen molar-refractivity contribution in [3.63, 3.8) is 0 Å². The number of imide groups is 1. The summed E-state index contributed by atoms with van der Waals surface area (Å²) in [4.78, 5) is 35.9. The van der Waals surface area contributed by atoms with Crippen LogP contribution in [0.25, 0.3) is 0 Å². The predicted molar refractivity (Wildman–Crippen MR) is 98.7 cm³/mol. The third-order valence-corrected chi connectivity index (χ3v) is 5.57. The summed E-state index contributed by atoms with van der Waals surface area (Å²) in [7, 11) is -3.89. The van der Waals surface area contributed by atoms with Crippen molar-refractivity contribution in [3.8, 4) is 0 Å². The largest absolute Gasteiger partial charge is 0.366 e. The summed E-state index contributed by atoms with van der Waals surface area (Å²) < 4.78 is 27.6. The lowest BCUT2D eigenvalue weighted by Crippen LogP contribution is -2.29. The predicted octanol–water partition coefficient (Wildman–Crippen LogP) is 1.55. The molecule has 0 bridgehead atoms. The maximum absolute atomic E-state index is 12.6. The van der Waals surface area contributed by atoms with Gasteiger partial charge in [0, 0.05) is 24.1 Å². The number of anilines is 2. The molecule has 140 valence electrons. The highest BCUT2D eigenvalue weighted by Gasteiger charge is 2.31. The number of rotatable bonds is 5. The molecular formula is C18H17N3O5S. The number of sulfonamides is 1. The number of nitrogens with one attached hydrogen (secondary N) is 1. The number of carbonyl (C=O) groups excluding carboxylic acids is 3. The first-order valence-corrected chi connectivity index (χ1v) is 9.56. The van der Waals surface area contributed by atoms with Gasteiger partial charge in [0.1, 0.15) is 0 Å². The highest BCUT2D eigenvalue weighted by atomic mass is 32.2. The van der Waals surface area contributed by atoms with Crippen LogP contribution in [0.4, 0.5) is 11.4 Å². The summed E-state index contributed by atoms with van der Waals surface area (Å²) in [5.74, 6) is -1.21. The molecule has 0 aliphatic carbocycles. The van der Waals surface area contributed by atoms with Crippen LogP contribution in [0.2, 0.25) is 0 Å². The van der Waals surface area contributed by atoms with Gasteiger partial charge in [-0.05, 0) is 55.0 Å². The molecule has 9 heteroatoms. The number of primary amides is 1. The van der Waals surface area contributed by atoms with Crippen LogP contribution in [0.5, 0.6) is 0 Å². The molecule has 1 aliphatic rings. The second-order valence-corrected chi connectivity index (χ2v) is 7.80. The molecule has 0 saturated carbocycles. The second-order valence-electron chi connectivity index (χ2n) is 6.12. The maximum Gasteiger partial charge on any atom is 0.261 e. The Morgan fingerprint density at radius 2 is 1.63 bits per heavy atom. The number of amides is 3. The summed E-state index contributed by atoms with van der Waals surface area (Å²) in [5, 5.41) is 0. The Morgan fingerprint density at radius 1 is 1.04 bits per heavy atom. The molecule has 8 nitrogen and oxygen atoms in total. The van der Waals surface area contributed by atoms with Crippen LogP contribution in [0.1, 0.15) is 28.8 Å². The minimum Gasteiger partial charge on any atom is -0.366 e. The average Bonchev–Trinajstić information content (AvgIpc) is 2.93. The van der Waals surface area contributed by atoms with Gasteiger partial charge in [0.05, 0.1) is 10.6 Å². The van der Waals surface area contributed by atoms with E-state index in [1.54, 1.807) is 6.92 Å². The second kappa shape index (κ2) is 6.84. The molecule has 27 heavy (non-hydrogen) atoms. The van der Waals surface area contributed by atoms with E-state index in [4.69, 9.17) is 5.73 Å². The molecule has 1 heterocycles. The maximum atomic E-state index is 12.6. The van der Waals surface area contributed by atoms with Gasteiger partial charge in [-0.3, -0.25) is 24.0 Å². The quantitative estimate of drug-likeness (QED) is 0.753. The summed E-state index contributed by atoms with van der Waals surface area (Å²) in [6.45, 7) is 1.63. The fourth-order valence-electron chi connectivity index (χ4n) is 2.81. The van der Waals surface area contributed by atoms with Crippen LogP contribution in [0.3, 0.4) is 0 Å². The zero-order valence-corrected chi connectivity index (χ0v) is 15.2. The van der Waals surface area contributed by atoms with E-state index in [-0.39, 0.29) is 40.8 Å². The van der Waals surface area contributed by atoms with Gasteiger partial charge in [0.25, 0.3) is 10.0 Å². The van der Waals surface area contributed by atoms with Crippen molar-refractivity contribution in [1.29, 1.82) is 0 Å². The molecule has 0 spiro atoms. The molecule has 1 saturated heterocycles. The van der Waals surface area contributed by atoms with Crippen molar-refractivity contribution >= 4 is 39.1 Å². The fraction of sp³-hybridized carbons (Fsp3) is 0.167. The van der Waals surface area contributed by atoms with E-state index in [1.807, 2.05) is 0 Å². The summed E-state index contributed by atoms with van der Waals surface area (Å²) >= 11 is 0. The molecular weight excluding hydrogens is 370 g/mol. The van der Waals surface area contributed by atoms with Gasteiger partial charge >= 0.3 is 0 Å². The molecule has 1 aliphatic heterocycles. The zero-order valence-electron chi connectivity index (χ0n) is 14.4. The fourth-order valence-corrected chi connectivity index (χ4v) is 3.95. The lowest BCUT2D eigenvalue weighted by molar-refractivity contribution is -0.121. The van der Waals surface area contributed by atoms with E-state index in [0.717, 1.165) is 4.90 Å². The number of hydrogen-bond acceptors (Lipinski definition) is 5. The van der Waals surface area contributed by atoms with Gasteiger partial charge < -0.3 is 5.73 Å². The Hall–Kier alpha value is -3.20.